The third-order valence-electron chi connectivity index (χ3n) is 5.41. The second-order valence-electron chi connectivity index (χ2n) is 6.85. The standard InChI is InChI=1S/C18H24ClN3O3/c1-21-9-3-8-20-17(25)18(21)6-10-22(11-7-18)16(24)15(23)13-4-2-5-14(19)12-13/h2,4-5,12,15,23H,3,6-11H2,1H3,(H,20,25)/t15-/m1/s1. The fourth-order valence-corrected chi connectivity index (χ4v) is 3.97. The van der Waals surface area contributed by atoms with Gasteiger partial charge in [-0.3, -0.25) is 14.5 Å². The van der Waals surface area contributed by atoms with Gasteiger partial charge in [-0.15, -0.1) is 0 Å². The van der Waals surface area contributed by atoms with Crippen molar-refractivity contribution in [1.29, 1.82) is 0 Å². The third kappa shape index (κ3) is 3.52. The van der Waals surface area contributed by atoms with Gasteiger partial charge in [0.05, 0.1) is 0 Å². The maximum absolute atomic E-state index is 12.6. The summed E-state index contributed by atoms with van der Waals surface area (Å²) in [5.41, 5.74) is -0.0593. The lowest BCUT2D eigenvalue weighted by molar-refractivity contribution is -0.147. The Morgan fingerprint density at radius 1 is 1.32 bits per heavy atom. The van der Waals surface area contributed by atoms with E-state index >= 15 is 0 Å². The Balaban J connectivity index is 1.69. The van der Waals surface area contributed by atoms with Crippen LogP contribution in [0.1, 0.15) is 30.9 Å². The number of piperidine rings is 1. The molecule has 2 N–H and O–H groups in total. The highest BCUT2D eigenvalue weighted by Gasteiger charge is 2.46. The molecule has 136 valence electrons. The lowest BCUT2D eigenvalue weighted by Crippen LogP contribution is -2.61. The Kier molecular flexibility index (Phi) is 5.32. The van der Waals surface area contributed by atoms with Gasteiger partial charge in [0.1, 0.15) is 5.54 Å². The quantitative estimate of drug-likeness (QED) is 0.825. The molecule has 1 aromatic rings. The zero-order valence-electron chi connectivity index (χ0n) is 14.4. The molecule has 2 aliphatic heterocycles. The minimum absolute atomic E-state index is 0.0509. The summed E-state index contributed by atoms with van der Waals surface area (Å²) < 4.78 is 0. The Bertz CT molecular complexity index is 659. The third-order valence-corrected chi connectivity index (χ3v) is 5.64. The van der Waals surface area contributed by atoms with Crippen LogP contribution in [0.2, 0.25) is 5.02 Å². The molecule has 2 fully saturated rings. The summed E-state index contributed by atoms with van der Waals surface area (Å²) in [4.78, 5) is 28.9. The van der Waals surface area contributed by atoms with E-state index < -0.39 is 11.6 Å². The monoisotopic (exact) mass is 365 g/mol. The number of aliphatic hydroxyl groups is 1. The second kappa shape index (κ2) is 7.32. The first-order valence-corrected chi connectivity index (χ1v) is 9.04. The number of carbonyl (C=O) groups is 2. The van der Waals surface area contributed by atoms with E-state index in [4.69, 9.17) is 11.6 Å². The molecule has 1 spiro atoms. The largest absolute Gasteiger partial charge is 0.378 e. The minimum atomic E-state index is -1.23. The number of amides is 2. The van der Waals surface area contributed by atoms with Crippen LogP contribution < -0.4 is 5.32 Å². The topological polar surface area (TPSA) is 72.9 Å². The molecule has 2 heterocycles. The summed E-state index contributed by atoms with van der Waals surface area (Å²) in [6.45, 7) is 2.46. The Labute approximate surface area is 152 Å². The van der Waals surface area contributed by atoms with E-state index in [2.05, 4.69) is 10.2 Å². The number of benzene rings is 1. The smallest absolute Gasteiger partial charge is 0.256 e. The molecular weight excluding hydrogens is 342 g/mol. The van der Waals surface area contributed by atoms with E-state index in [-0.39, 0.29) is 11.8 Å². The minimum Gasteiger partial charge on any atom is -0.378 e. The van der Waals surface area contributed by atoms with Gasteiger partial charge in [0, 0.05) is 31.2 Å². The molecule has 2 saturated heterocycles. The van der Waals surface area contributed by atoms with Crippen molar-refractivity contribution in [3.63, 3.8) is 0 Å². The van der Waals surface area contributed by atoms with Crippen LogP contribution in [0.3, 0.4) is 0 Å². The average Bonchev–Trinajstić information content (AvgIpc) is 2.75. The van der Waals surface area contributed by atoms with Crippen LogP contribution in [0.25, 0.3) is 0 Å². The highest BCUT2D eigenvalue weighted by Crippen LogP contribution is 2.31. The Morgan fingerprint density at radius 3 is 2.72 bits per heavy atom. The molecular formula is C18H24ClN3O3. The Morgan fingerprint density at radius 2 is 2.04 bits per heavy atom. The summed E-state index contributed by atoms with van der Waals surface area (Å²) in [6, 6.07) is 6.70. The lowest BCUT2D eigenvalue weighted by Gasteiger charge is -2.45. The summed E-state index contributed by atoms with van der Waals surface area (Å²) >= 11 is 5.94. The van der Waals surface area contributed by atoms with E-state index in [0.29, 0.717) is 43.1 Å². The van der Waals surface area contributed by atoms with Crippen molar-refractivity contribution in [3.8, 4) is 0 Å². The highest BCUT2D eigenvalue weighted by molar-refractivity contribution is 6.30. The normalized spacial score (nSPS) is 22.4. The van der Waals surface area contributed by atoms with Gasteiger partial charge in [0.15, 0.2) is 6.10 Å². The number of halogens is 1. The van der Waals surface area contributed by atoms with Crippen LogP contribution in [0, 0.1) is 0 Å². The van der Waals surface area contributed by atoms with Crippen molar-refractivity contribution in [3.05, 3.63) is 34.9 Å². The number of nitrogens with zero attached hydrogens (tertiary/aromatic N) is 2. The highest BCUT2D eigenvalue weighted by atomic mass is 35.5. The van der Waals surface area contributed by atoms with Crippen molar-refractivity contribution < 1.29 is 14.7 Å². The molecule has 2 aliphatic rings. The molecule has 0 radical (unpaired) electrons. The zero-order chi connectivity index (χ0) is 18.0. The fraction of sp³-hybridized carbons (Fsp3) is 0.556. The number of likely N-dealkylation sites (N-methyl/N-ethyl adjacent to an activating group) is 1. The van der Waals surface area contributed by atoms with Crippen molar-refractivity contribution in [2.45, 2.75) is 30.9 Å². The molecule has 1 aromatic carbocycles. The van der Waals surface area contributed by atoms with Crippen LogP contribution in [-0.2, 0) is 9.59 Å². The van der Waals surface area contributed by atoms with E-state index in [1.54, 1.807) is 29.2 Å². The lowest BCUT2D eigenvalue weighted by atomic mass is 9.84. The molecule has 0 aliphatic carbocycles. The maximum atomic E-state index is 12.6. The predicted molar refractivity (Wildman–Crippen MR) is 95.2 cm³/mol. The second-order valence-corrected chi connectivity index (χ2v) is 7.28. The number of likely N-dealkylation sites (tertiary alicyclic amines) is 1. The van der Waals surface area contributed by atoms with E-state index in [0.717, 1.165) is 13.0 Å². The molecule has 0 saturated carbocycles. The number of carbonyl (C=O) groups excluding carboxylic acids is 2. The van der Waals surface area contributed by atoms with Crippen LogP contribution in [0.15, 0.2) is 24.3 Å². The van der Waals surface area contributed by atoms with Crippen LogP contribution in [-0.4, -0.2) is 65.5 Å². The summed E-state index contributed by atoms with van der Waals surface area (Å²) in [7, 11) is 1.98. The molecule has 2 amide bonds. The molecule has 0 unspecified atom stereocenters. The number of aliphatic hydroxyl groups excluding tert-OH is 1. The van der Waals surface area contributed by atoms with Gasteiger partial charge in [-0.2, -0.15) is 0 Å². The van der Waals surface area contributed by atoms with E-state index in [1.807, 2.05) is 7.05 Å². The molecule has 0 bridgehead atoms. The number of rotatable bonds is 2. The number of nitrogens with one attached hydrogen (secondary N) is 1. The first-order chi connectivity index (χ1) is 11.9. The van der Waals surface area contributed by atoms with Crippen LogP contribution >= 0.6 is 11.6 Å². The van der Waals surface area contributed by atoms with Crippen LogP contribution in [0.4, 0.5) is 0 Å². The van der Waals surface area contributed by atoms with E-state index in [9.17, 15) is 14.7 Å². The predicted octanol–water partition coefficient (Wildman–Crippen LogP) is 1.19. The Hall–Kier alpha value is -1.63. The van der Waals surface area contributed by atoms with Crippen molar-refractivity contribution >= 4 is 23.4 Å². The van der Waals surface area contributed by atoms with Gasteiger partial charge in [-0.05, 0) is 44.0 Å². The van der Waals surface area contributed by atoms with E-state index in [1.165, 1.54) is 0 Å². The van der Waals surface area contributed by atoms with Gasteiger partial charge in [-0.1, -0.05) is 23.7 Å². The molecule has 0 aromatic heterocycles. The number of hydrogen-bond acceptors (Lipinski definition) is 4. The number of hydrogen-bond donors (Lipinski definition) is 2. The first kappa shape index (κ1) is 18.2. The van der Waals surface area contributed by atoms with Crippen molar-refractivity contribution in [1.82, 2.24) is 15.1 Å². The molecule has 25 heavy (non-hydrogen) atoms. The average molecular weight is 366 g/mol. The van der Waals surface area contributed by atoms with Gasteiger partial charge in [0.25, 0.3) is 5.91 Å². The SMILES string of the molecule is CN1CCCNC(=O)C12CCN(C(=O)[C@H](O)c1cccc(Cl)c1)CC2. The van der Waals surface area contributed by atoms with Gasteiger partial charge < -0.3 is 15.3 Å². The van der Waals surface area contributed by atoms with Gasteiger partial charge >= 0.3 is 0 Å². The van der Waals surface area contributed by atoms with Crippen LogP contribution in [0.5, 0.6) is 0 Å². The maximum Gasteiger partial charge on any atom is 0.256 e. The van der Waals surface area contributed by atoms with Gasteiger partial charge in [0.2, 0.25) is 5.91 Å². The molecule has 1 atom stereocenters. The first-order valence-electron chi connectivity index (χ1n) is 8.66. The summed E-state index contributed by atoms with van der Waals surface area (Å²) in [5.74, 6) is -0.288. The molecule has 7 heteroatoms. The molecule has 3 rings (SSSR count). The fourth-order valence-electron chi connectivity index (χ4n) is 3.77. The van der Waals surface area contributed by atoms with Crippen molar-refractivity contribution in [2.24, 2.45) is 0 Å². The van der Waals surface area contributed by atoms with Crippen molar-refractivity contribution in [2.75, 3.05) is 33.2 Å². The van der Waals surface area contributed by atoms with Gasteiger partial charge in [-0.25, -0.2) is 0 Å². The summed E-state index contributed by atoms with van der Waals surface area (Å²) in [6.07, 6.45) is 0.848. The molecule has 6 nitrogen and oxygen atoms in total. The zero-order valence-corrected chi connectivity index (χ0v) is 15.1. The summed E-state index contributed by atoms with van der Waals surface area (Å²) in [5, 5.41) is 13.8.